The number of benzene rings is 1. The Morgan fingerprint density at radius 2 is 1.81 bits per heavy atom. The van der Waals surface area contributed by atoms with E-state index in [-0.39, 0.29) is 36.5 Å². The zero-order chi connectivity index (χ0) is 20.0. The van der Waals surface area contributed by atoms with Crippen molar-refractivity contribution in [2.45, 2.75) is 44.6 Å². The van der Waals surface area contributed by atoms with Gasteiger partial charge in [-0.2, -0.15) is 4.31 Å². The van der Waals surface area contributed by atoms with Crippen LogP contribution in [-0.2, 0) is 14.8 Å². The van der Waals surface area contributed by atoms with Gasteiger partial charge in [-0.15, -0.1) is 0 Å². The fourth-order valence-corrected chi connectivity index (χ4v) is 4.54. The van der Waals surface area contributed by atoms with Gasteiger partial charge in [-0.3, -0.25) is 9.69 Å². The van der Waals surface area contributed by atoms with Crippen molar-refractivity contribution in [3.05, 3.63) is 30.1 Å². The molecule has 1 aromatic rings. The third-order valence-electron chi connectivity index (χ3n) is 4.72. The maximum absolute atomic E-state index is 13.3. The Labute approximate surface area is 161 Å². The third-order valence-corrected chi connectivity index (χ3v) is 6.61. The molecule has 0 aliphatic carbocycles. The van der Waals surface area contributed by atoms with Crippen LogP contribution in [-0.4, -0.2) is 62.3 Å². The van der Waals surface area contributed by atoms with Crippen molar-refractivity contribution in [2.24, 2.45) is 5.92 Å². The van der Waals surface area contributed by atoms with Crippen LogP contribution < -0.4 is 5.32 Å². The average molecular weight is 400 g/mol. The first kappa shape index (κ1) is 21.8. The summed E-state index contributed by atoms with van der Waals surface area (Å²) in [5, 5.41) is 3.00. The molecule has 152 valence electrons. The monoisotopic (exact) mass is 399 g/mol. The van der Waals surface area contributed by atoms with Crippen molar-refractivity contribution in [1.82, 2.24) is 14.5 Å². The second kappa shape index (κ2) is 9.61. The molecule has 1 saturated heterocycles. The Balaban J connectivity index is 1.82. The van der Waals surface area contributed by atoms with Crippen LogP contribution in [0.5, 0.6) is 0 Å². The number of amides is 1. The maximum Gasteiger partial charge on any atom is 0.243 e. The number of piperazine rings is 1. The molecule has 1 fully saturated rings. The Hall–Kier alpha value is -1.51. The van der Waals surface area contributed by atoms with Gasteiger partial charge >= 0.3 is 0 Å². The lowest BCUT2D eigenvalue weighted by molar-refractivity contribution is -0.123. The molecule has 1 aliphatic heterocycles. The number of halogens is 1. The summed E-state index contributed by atoms with van der Waals surface area (Å²) in [7, 11) is -3.70. The Bertz CT molecular complexity index is 731. The normalized spacial score (nSPS) is 17.8. The number of nitrogens with one attached hydrogen (secondary N) is 1. The van der Waals surface area contributed by atoms with Gasteiger partial charge in [-0.25, -0.2) is 12.8 Å². The van der Waals surface area contributed by atoms with E-state index in [2.05, 4.69) is 19.2 Å². The maximum atomic E-state index is 13.3. The molecule has 0 aromatic heterocycles. The van der Waals surface area contributed by atoms with E-state index >= 15 is 0 Å². The molecular weight excluding hydrogens is 369 g/mol. The lowest BCUT2D eigenvalue weighted by atomic mass is 10.0. The summed E-state index contributed by atoms with van der Waals surface area (Å²) < 4.78 is 39.9. The number of nitrogens with zero attached hydrogens (tertiary/aromatic N) is 2. The van der Waals surface area contributed by atoms with Crippen molar-refractivity contribution < 1.29 is 17.6 Å². The van der Waals surface area contributed by atoms with Gasteiger partial charge in [-0.05, 0) is 43.9 Å². The van der Waals surface area contributed by atoms with Crippen LogP contribution in [0.4, 0.5) is 4.39 Å². The molecular formula is C19H30FN3O3S. The van der Waals surface area contributed by atoms with Crippen LogP contribution in [0.1, 0.15) is 33.6 Å². The van der Waals surface area contributed by atoms with Crippen molar-refractivity contribution >= 4 is 15.9 Å². The van der Waals surface area contributed by atoms with Crippen LogP contribution in [0.15, 0.2) is 29.2 Å². The molecule has 0 saturated carbocycles. The van der Waals surface area contributed by atoms with E-state index in [0.717, 1.165) is 18.9 Å². The summed E-state index contributed by atoms with van der Waals surface area (Å²) >= 11 is 0. The molecule has 1 atom stereocenters. The van der Waals surface area contributed by atoms with Crippen LogP contribution >= 0.6 is 0 Å². The molecule has 0 unspecified atom stereocenters. The molecule has 1 aromatic carbocycles. The van der Waals surface area contributed by atoms with Crippen molar-refractivity contribution in [1.29, 1.82) is 0 Å². The average Bonchev–Trinajstić information content (AvgIpc) is 2.60. The molecule has 27 heavy (non-hydrogen) atoms. The number of carbonyl (C=O) groups excluding carboxylic acids is 1. The van der Waals surface area contributed by atoms with Crippen LogP contribution in [0, 0.1) is 11.7 Å². The smallest absolute Gasteiger partial charge is 0.243 e. The van der Waals surface area contributed by atoms with Gasteiger partial charge < -0.3 is 5.32 Å². The van der Waals surface area contributed by atoms with Crippen LogP contribution in [0.3, 0.4) is 0 Å². The molecule has 1 N–H and O–H groups in total. The SMILES string of the molecule is CC(C)CC[C@H](C)NC(=O)CN1CCN(S(=O)(=O)c2cccc(F)c2)CC1. The van der Waals surface area contributed by atoms with Gasteiger partial charge in [0, 0.05) is 32.2 Å². The first-order chi connectivity index (χ1) is 12.7. The van der Waals surface area contributed by atoms with Gasteiger partial charge in [0.15, 0.2) is 0 Å². The third kappa shape index (κ3) is 6.55. The van der Waals surface area contributed by atoms with Crippen LogP contribution in [0.2, 0.25) is 0 Å². The molecule has 8 heteroatoms. The van der Waals surface area contributed by atoms with E-state index in [9.17, 15) is 17.6 Å². The van der Waals surface area contributed by atoms with Crippen molar-refractivity contribution in [3.8, 4) is 0 Å². The minimum absolute atomic E-state index is 0.0345. The van der Waals surface area contributed by atoms with E-state index in [0.29, 0.717) is 19.0 Å². The number of carbonyl (C=O) groups is 1. The fraction of sp³-hybridized carbons (Fsp3) is 0.632. The van der Waals surface area contributed by atoms with Crippen molar-refractivity contribution in [3.63, 3.8) is 0 Å². The molecule has 1 aliphatic rings. The summed E-state index contributed by atoms with van der Waals surface area (Å²) in [5.41, 5.74) is 0. The topological polar surface area (TPSA) is 69.7 Å². The molecule has 2 rings (SSSR count). The van der Waals surface area contributed by atoms with E-state index in [1.807, 2.05) is 11.8 Å². The predicted octanol–water partition coefficient (Wildman–Crippen LogP) is 2.07. The second-order valence-electron chi connectivity index (χ2n) is 7.58. The number of hydrogen-bond donors (Lipinski definition) is 1. The van der Waals surface area contributed by atoms with E-state index in [1.165, 1.54) is 22.5 Å². The van der Waals surface area contributed by atoms with Gasteiger partial charge in [0.05, 0.1) is 11.4 Å². The first-order valence-corrected chi connectivity index (χ1v) is 10.9. The van der Waals surface area contributed by atoms with Gasteiger partial charge in [0.25, 0.3) is 0 Å². The fourth-order valence-electron chi connectivity index (χ4n) is 3.08. The number of sulfonamides is 1. The summed E-state index contributed by atoms with van der Waals surface area (Å²) in [6, 6.07) is 5.18. The molecule has 0 spiro atoms. The highest BCUT2D eigenvalue weighted by atomic mass is 32.2. The first-order valence-electron chi connectivity index (χ1n) is 9.46. The van der Waals surface area contributed by atoms with E-state index in [4.69, 9.17) is 0 Å². The summed E-state index contributed by atoms with van der Waals surface area (Å²) in [6.07, 6.45) is 2.02. The Morgan fingerprint density at radius 1 is 1.15 bits per heavy atom. The highest BCUT2D eigenvalue weighted by Crippen LogP contribution is 2.18. The van der Waals surface area contributed by atoms with Crippen molar-refractivity contribution in [2.75, 3.05) is 32.7 Å². The van der Waals surface area contributed by atoms with E-state index < -0.39 is 15.8 Å². The van der Waals surface area contributed by atoms with Gasteiger partial charge in [-0.1, -0.05) is 19.9 Å². The highest BCUT2D eigenvalue weighted by Gasteiger charge is 2.29. The minimum Gasteiger partial charge on any atom is -0.353 e. The predicted molar refractivity (Wildman–Crippen MR) is 103 cm³/mol. The minimum atomic E-state index is -3.70. The summed E-state index contributed by atoms with van der Waals surface area (Å²) in [4.78, 5) is 14.1. The zero-order valence-corrected chi connectivity index (χ0v) is 17.1. The summed E-state index contributed by atoms with van der Waals surface area (Å²) in [6.45, 7) is 8.11. The number of rotatable bonds is 8. The molecule has 6 nitrogen and oxygen atoms in total. The Kier molecular flexibility index (Phi) is 7.76. The lowest BCUT2D eigenvalue weighted by Gasteiger charge is -2.33. The van der Waals surface area contributed by atoms with Gasteiger partial charge in [0.1, 0.15) is 5.82 Å². The quantitative estimate of drug-likeness (QED) is 0.727. The largest absolute Gasteiger partial charge is 0.353 e. The van der Waals surface area contributed by atoms with Gasteiger partial charge in [0.2, 0.25) is 15.9 Å². The Morgan fingerprint density at radius 3 is 2.41 bits per heavy atom. The standard InChI is InChI=1S/C19H30FN3O3S/c1-15(2)7-8-16(3)21-19(24)14-22-9-11-23(12-10-22)27(25,26)18-6-4-5-17(20)13-18/h4-6,13,15-16H,7-12,14H2,1-3H3,(H,21,24)/t16-/m0/s1. The van der Waals surface area contributed by atoms with E-state index in [1.54, 1.807) is 0 Å². The zero-order valence-electron chi connectivity index (χ0n) is 16.3. The molecule has 0 bridgehead atoms. The lowest BCUT2D eigenvalue weighted by Crippen LogP contribution is -2.51. The molecule has 1 amide bonds. The summed E-state index contributed by atoms with van der Waals surface area (Å²) in [5.74, 6) is 0.00290. The number of hydrogen-bond acceptors (Lipinski definition) is 4. The molecule has 1 heterocycles. The second-order valence-corrected chi connectivity index (χ2v) is 9.52. The van der Waals surface area contributed by atoms with Crippen LogP contribution in [0.25, 0.3) is 0 Å². The highest BCUT2D eigenvalue weighted by molar-refractivity contribution is 7.89. The molecule has 0 radical (unpaired) electrons.